The van der Waals surface area contributed by atoms with Crippen LogP contribution in [0.2, 0.25) is 5.02 Å². The molecule has 0 fully saturated rings. The summed E-state index contributed by atoms with van der Waals surface area (Å²) in [4.78, 5) is 12.3. The number of hydrogen-bond acceptors (Lipinski definition) is 3. The van der Waals surface area contributed by atoms with E-state index in [4.69, 9.17) is 20.8 Å². The van der Waals surface area contributed by atoms with Crippen LogP contribution in [0.15, 0.2) is 65.1 Å². The molecule has 3 aromatic rings. The van der Waals surface area contributed by atoms with Gasteiger partial charge in [-0.25, -0.2) is 0 Å². The molecular weight excluding hydrogens is 326 g/mol. The molecule has 0 atom stereocenters. The van der Waals surface area contributed by atoms with Crippen LogP contribution in [0.5, 0.6) is 5.75 Å². The molecular formula is C19H16ClNO3. The topological polar surface area (TPSA) is 51.5 Å². The number of rotatable bonds is 5. The standard InChI is InChI=1S/C19H16ClNO3/c1-23-18-5-3-2-4-16(18)19(22)21-12-15-10-11-17(24-15)13-6-8-14(20)9-7-13/h2-11H,12H2,1H3,(H,21,22). The highest BCUT2D eigenvalue weighted by molar-refractivity contribution is 6.30. The number of ether oxygens (including phenoxy) is 1. The molecule has 1 heterocycles. The molecule has 0 saturated carbocycles. The quantitative estimate of drug-likeness (QED) is 0.741. The van der Waals surface area contributed by atoms with Crippen molar-refractivity contribution in [3.05, 3.63) is 77.0 Å². The molecule has 122 valence electrons. The highest BCUT2D eigenvalue weighted by Crippen LogP contribution is 2.24. The van der Waals surface area contributed by atoms with E-state index in [1.54, 1.807) is 18.2 Å². The number of nitrogens with one attached hydrogen (secondary N) is 1. The van der Waals surface area contributed by atoms with Crippen LogP contribution in [0.25, 0.3) is 11.3 Å². The van der Waals surface area contributed by atoms with E-state index < -0.39 is 0 Å². The van der Waals surface area contributed by atoms with E-state index in [0.717, 1.165) is 11.3 Å². The van der Waals surface area contributed by atoms with Gasteiger partial charge in [0, 0.05) is 10.6 Å². The number of furan rings is 1. The van der Waals surface area contributed by atoms with Gasteiger partial charge >= 0.3 is 0 Å². The lowest BCUT2D eigenvalue weighted by atomic mass is 10.2. The third kappa shape index (κ3) is 3.60. The lowest BCUT2D eigenvalue weighted by molar-refractivity contribution is 0.0945. The number of carbonyl (C=O) groups is 1. The summed E-state index contributed by atoms with van der Waals surface area (Å²) in [6, 6.07) is 18.2. The molecule has 3 rings (SSSR count). The Balaban J connectivity index is 1.67. The lowest BCUT2D eigenvalue weighted by Crippen LogP contribution is -2.23. The number of para-hydroxylation sites is 1. The average molecular weight is 342 g/mol. The lowest BCUT2D eigenvalue weighted by Gasteiger charge is -2.08. The summed E-state index contributed by atoms with van der Waals surface area (Å²) in [6.07, 6.45) is 0. The van der Waals surface area contributed by atoms with Crippen molar-refractivity contribution in [2.45, 2.75) is 6.54 Å². The molecule has 0 aliphatic rings. The van der Waals surface area contributed by atoms with Gasteiger partial charge in [0.2, 0.25) is 0 Å². The zero-order valence-electron chi connectivity index (χ0n) is 13.1. The maximum absolute atomic E-state index is 12.3. The molecule has 0 saturated heterocycles. The Morgan fingerprint density at radius 1 is 1.08 bits per heavy atom. The first-order chi connectivity index (χ1) is 11.7. The van der Waals surface area contributed by atoms with Crippen molar-refractivity contribution in [1.82, 2.24) is 5.32 Å². The number of halogens is 1. The van der Waals surface area contributed by atoms with Crippen LogP contribution in [0, 0.1) is 0 Å². The fourth-order valence-corrected chi connectivity index (χ4v) is 2.46. The second-order valence-corrected chi connectivity index (χ2v) is 5.59. The van der Waals surface area contributed by atoms with Gasteiger partial charge in [0.25, 0.3) is 5.91 Å². The number of amides is 1. The first-order valence-corrected chi connectivity index (χ1v) is 7.81. The van der Waals surface area contributed by atoms with Gasteiger partial charge in [0.1, 0.15) is 17.3 Å². The molecule has 0 aliphatic carbocycles. The molecule has 2 aromatic carbocycles. The van der Waals surface area contributed by atoms with Crippen molar-refractivity contribution in [2.75, 3.05) is 7.11 Å². The number of carbonyl (C=O) groups excluding carboxylic acids is 1. The molecule has 1 amide bonds. The molecule has 5 heteroatoms. The fraction of sp³-hybridized carbons (Fsp3) is 0.105. The van der Waals surface area contributed by atoms with Crippen molar-refractivity contribution in [1.29, 1.82) is 0 Å². The third-order valence-corrected chi connectivity index (χ3v) is 3.82. The maximum Gasteiger partial charge on any atom is 0.255 e. The molecule has 1 N–H and O–H groups in total. The van der Waals surface area contributed by atoms with Gasteiger partial charge in [-0.15, -0.1) is 0 Å². The second kappa shape index (κ2) is 7.23. The van der Waals surface area contributed by atoms with E-state index in [0.29, 0.717) is 28.6 Å². The molecule has 0 aliphatic heterocycles. The number of benzene rings is 2. The van der Waals surface area contributed by atoms with E-state index in [1.165, 1.54) is 7.11 Å². The Kier molecular flexibility index (Phi) is 4.87. The van der Waals surface area contributed by atoms with Gasteiger partial charge < -0.3 is 14.5 Å². The van der Waals surface area contributed by atoms with Crippen molar-refractivity contribution in [3.8, 4) is 17.1 Å². The Hall–Kier alpha value is -2.72. The minimum absolute atomic E-state index is 0.211. The van der Waals surface area contributed by atoms with Crippen LogP contribution in [-0.4, -0.2) is 13.0 Å². The predicted octanol–water partition coefficient (Wildman–Crippen LogP) is 4.54. The third-order valence-electron chi connectivity index (χ3n) is 3.57. The summed E-state index contributed by atoms with van der Waals surface area (Å²) < 4.78 is 11.0. The van der Waals surface area contributed by atoms with E-state index in [-0.39, 0.29) is 5.91 Å². The number of hydrogen-bond donors (Lipinski definition) is 1. The molecule has 24 heavy (non-hydrogen) atoms. The van der Waals surface area contributed by atoms with Crippen LogP contribution < -0.4 is 10.1 Å². The summed E-state index contributed by atoms with van der Waals surface area (Å²) in [5.74, 6) is 1.73. The van der Waals surface area contributed by atoms with Gasteiger partial charge in [-0.2, -0.15) is 0 Å². The first kappa shape index (κ1) is 16.1. The Morgan fingerprint density at radius 3 is 2.58 bits per heavy atom. The Bertz CT molecular complexity index is 840. The van der Waals surface area contributed by atoms with E-state index in [2.05, 4.69) is 5.32 Å². The van der Waals surface area contributed by atoms with Gasteiger partial charge in [-0.1, -0.05) is 23.7 Å². The Morgan fingerprint density at radius 2 is 1.83 bits per heavy atom. The van der Waals surface area contributed by atoms with Crippen molar-refractivity contribution in [3.63, 3.8) is 0 Å². The van der Waals surface area contributed by atoms with E-state index >= 15 is 0 Å². The predicted molar refractivity (Wildman–Crippen MR) is 93.3 cm³/mol. The summed E-state index contributed by atoms with van der Waals surface area (Å²) in [5, 5.41) is 3.51. The summed E-state index contributed by atoms with van der Waals surface area (Å²) in [7, 11) is 1.54. The fourth-order valence-electron chi connectivity index (χ4n) is 2.34. The minimum atomic E-state index is -0.211. The zero-order chi connectivity index (χ0) is 16.9. The zero-order valence-corrected chi connectivity index (χ0v) is 13.8. The van der Waals surface area contributed by atoms with Crippen molar-refractivity contribution >= 4 is 17.5 Å². The highest BCUT2D eigenvalue weighted by atomic mass is 35.5. The van der Waals surface area contributed by atoms with Crippen LogP contribution in [0.4, 0.5) is 0 Å². The average Bonchev–Trinajstić information content (AvgIpc) is 3.09. The van der Waals surface area contributed by atoms with Gasteiger partial charge in [-0.05, 0) is 48.5 Å². The normalized spacial score (nSPS) is 10.4. The number of methoxy groups -OCH3 is 1. The summed E-state index contributed by atoms with van der Waals surface area (Å²) in [6.45, 7) is 0.296. The van der Waals surface area contributed by atoms with Crippen LogP contribution in [0.3, 0.4) is 0 Å². The summed E-state index contributed by atoms with van der Waals surface area (Å²) in [5.41, 5.74) is 1.42. The van der Waals surface area contributed by atoms with Crippen LogP contribution >= 0.6 is 11.6 Å². The smallest absolute Gasteiger partial charge is 0.255 e. The summed E-state index contributed by atoms with van der Waals surface area (Å²) >= 11 is 5.88. The highest BCUT2D eigenvalue weighted by Gasteiger charge is 2.12. The van der Waals surface area contributed by atoms with E-state index in [9.17, 15) is 4.79 Å². The second-order valence-electron chi connectivity index (χ2n) is 5.16. The molecule has 1 aromatic heterocycles. The van der Waals surface area contributed by atoms with Gasteiger partial charge in [0.05, 0.1) is 19.2 Å². The first-order valence-electron chi connectivity index (χ1n) is 7.43. The Labute approximate surface area is 145 Å². The molecule has 0 bridgehead atoms. The maximum atomic E-state index is 12.3. The van der Waals surface area contributed by atoms with Gasteiger partial charge in [-0.3, -0.25) is 4.79 Å². The van der Waals surface area contributed by atoms with Crippen LogP contribution in [0.1, 0.15) is 16.1 Å². The molecule has 0 unspecified atom stereocenters. The SMILES string of the molecule is COc1ccccc1C(=O)NCc1ccc(-c2ccc(Cl)cc2)o1. The molecule has 0 radical (unpaired) electrons. The molecule has 4 nitrogen and oxygen atoms in total. The largest absolute Gasteiger partial charge is 0.496 e. The van der Waals surface area contributed by atoms with Crippen molar-refractivity contribution < 1.29 is 13.9 Å². The van der Waals surface area contributed by atoms with E-state index in [1.807, 2.05) is 42.5 Å². The van der Waals surface area contributed by atoms with Gasteiger partial charge in [0.15, 0.2) is 0 Å². The minimum Gasteiger partial charge on any atom is -0.496 e. The van der Waals surface area contributed by atoms with Crippen molar-refractivity contribution in [2.24, 2.45) is 0 Å². The monoisotopic (exact) mass is 341 g/mol. The van der Waals surface area contributed by atoms with Crippen LogP contribution in [-0.2, 0) is 6.54 Å². The molecule has 0 spiro atoms.